The van der Waals surface area contributed by atoms with Crippen LogP contribution in [0.15, 0.2) is 54.7 Å². The molecule has 2 heterocycles. The molecule has 0 radical (unpaired) electrons. The number of fused-ring (bicyclic) bond motifs is 1. The van der Waals surface area contributed by atoms with Gasteiger partial charge in [0.2, 0.25) is 0 Å². The predicted molar refractivity (Wildman–Crippen MR) is 115 cm³/mol. The number of hydrogen-bond donors (Lipinski definition) is 1. The monoisotopic (exact) mass is 423 g/mol. The summed E-state index contributed by atoms with van der Waals surface area (Å²) < 4.78 is 19.7. The molecule has 1 fully saturated rings. The molecule has 0 spiro atoms. The number of methoxy groups -OCH3 is 1. The number of nitrogens with one attached hydrogen (secondary N) is 1. The molecule has 0 saturated carbocycles. The molecule has 1 atom stereocenters. The van der Waals surface area contributed by atoms with Crippen LogP contribution in [0.1, 0.15) is 17.2 Å². The highest BCUT2D eigenvalue weighted by molar-refractivity contribution is 5.85. The van der Waals surface area contributed by atoms with Crippen molar-refractivity contribution in [3.63, 3.8) is 0 Å². The molecule has 7 heteroatoms. The molecule has 0 aliphatic carbocycles. The summed E-state index contributed by atoms with van der Waals surface area (Å²) in [6.07, 6.45) is 1.76. The van der Waals surface area contributed by atoms with Crippen LogP contribution in [-0.2, 0) is 6.54 Å². The maximum absolute atomic E-state index is 14.1. The summed E-state index contributed by atoms with van der Waals surface area (Å²) in [6, 6.07) is 15.2. The fourth-order valence-corrected chi connectivity index (χ4v) is 3.75. The number of halogens is 3. The van der Waals surface area contributed by atoms with Crippen LogP contribution < -0.4 is 10.1 Å². The van der Waals surface area contributed by atoms with Crippen molar-refractivity contribution >= 4 is 35.7 Å². The second-order valence-electron chi connectivity index (χ2n) is 6.57. The molecule has 0 bridgehead atoms. The second kappa shape index (κ2) is 10.0. The number of hydrogen-bond acceptors (Lipinski definition) is 4. The van der Waals surface area contributed by atoms with Crippen molar-refractivity contribution in [1.82, 2.24) is 15.2 Å². The highest BCUT2D eigenvalue weighted by atomic mass is 35.5. The van der Waals surface area contributed by atoms with Crippen LogP contribution in [0.2, 0.25) is 0 Å². The van der Waals surface area contributed by atoms with Crippen molar-refractivity contribution in [3.8, 4) is 5.75 Å². The molecule has 1 aliphatic rings. The van der Waals surface area contributed by atoms with Crippen LogP contribution in [0.3, 0.4) is 0 Å². The quantitative estimate of drug-likeness (QED) is 0.675. The van der Waals surface area contributed by atoms with Gasteiger partial charge in [0.05, 0.1) is 18.7 Å². The zero-order valence-electron chi connectivity index (χ0n) is 15.6. The van der Waals surface area contributed by atoms with Crippen molar-refractivity contribution in [2.45, 2.75) is 12.6 Å². The lowest BCUT2D eigenvalue weighted by Gasteiger charge is -2.37. The van der Waals surface area contributed by atoms with E-state index in [4.69, 9.17) is 4.74 Å². The summed E-state index contributed by atoms with van der Waals surface area (Å²) in [5.41, 5.74) is 2.93. The summed E-state index contributed by atoms with van der Waals surface area (Å²) in [6.45, 7) is 3.27. The molecular weight excluding hydrogens is 400 g/mol. The molecule has 2 aromatic carbocycles. The maximum Gasteiger partial charge on any atom is 0.124 e. The Hall–Kier alpha value is -1.92. The lowest BCUT2D eigenvalue weighted by molar-refractivity contribution is 0.151. The molecule has 1 unspecified atom stereocenters. The Labute approximate surface area is 176 Å². The lowest BCUT2D eigenvalue weighted by atomic mass is 10.0. The Morgan fingerprint density at radius 1 is 1.18 bits per heavy atom. The van der Waals surface area contributed by atoms with E-state index in [9.17, 15) is 4.39 Å². The van der Waals surface area contributed by atoms with Crippen LogP contribution in [0.5, 0.6) is 5.75 Å². The van der Waals surface area contributed by atoms with E-state index < -0.39 is 0 Å². The fourth-order valence-electron chi connectivity index (χ4n) is 3.75. The number of aromatic nitrogens is 1. The van der Waals surface area contributed by atoms with Gasteiger partial charge in [-0.1, -0.05) is 24.3 Å². The van der Waals surface area contributed by atoms with Crippen molar-refractivity contribution in [1.29, 1.82) is 0 Å². The van der Waals surface area contributed by atoms with E-state index in [-0.39, 0.29) is 36.7 Å². The summed E-state index contributed by atoms with van der Waals surface area (Å²) in [7, 11) is 1.70. The van der Waals surface area contributed by atoms with Gasteiger partial charge in [-0.2, -0.15) is 0 Å². The van der Waals surface area contributed by atoms with E-state index in [1.807, 2.05) is 30.3 Å². The van der Waals surface area contributed by atoms with Gasteiger partial charge < -0.3 is 10.1 Å². The van der Waals surface area contributed by atoms with Crippen molar-refractivity contribution in [2.24, 2.45) is 0 Å². The van der Waals surface area contributed by atoms with Gasteiger partial charge in [0.1, 0.15) is 11.6 Å². The van der Waals surface area contributed by atoms with Crippen LogP contribution in [-0.4, -0.2) is 36.6 Å². The van der Waals surface area contributed by atoms with Crippen LogP contribution in [0, 0.1) is 5.82 Å². The number of rotatable bonds is 4. The average Bonchev–Trinajstić information content (AvgIpc) is 2.68. The minimum Gasteiger partial charge on any atom is -0.496 e. The molecule has 1 aromatic heterocycles. The number of piperazine rings is 1. The topological polar surface area (TPSA) is 37.4 Å². The van der Waals surface area contributed by atoms with Crippen molar-refractivity contribution in [2.75, 3.05) is 26.7 Å². The van der Waals surface area contributed by atoms with Gasteiger partial charge in [-0.05, 0) is 29.8 Å². The predicted octanol–water partition coefficient (Wildman–Crippen LogP) is 4.37. The van der Waals surface area contributed by atoms with Crippen LogP contribution in [0.25, 0.3) is 10.9 Å². The third-order valence-corrected chi connectivity index (χ3v) is 4.97. The minimum atomic E-state index is -0.218. The van der Waals surface area contributed by atoms with Gasteiger partial charge in [0.15, 0.2) is 0 Å². The van der Waals surface area contributed by atoms with Gasteiger partial charge >= 0.3 is 0 Å². The molecule has 1 aliphatic heterocycles. The van der Waals surface area contributed by atoms with Crippen molar-refractivity contribution in [3.05, 3.63) is 71.7 Å². The van der Waals surface area contributed by atoms with Crippen molar-refractivity contribution < 1.29 is 9.13 Å². The van der Waals surface area contributed by atoms with E-state index in [0.717, 1.165) is 47.4 Å². The molecule has 1 N–H and O–H groups in total. The largest absolute Gasteiger partial charge is 0.496 e. The highest BCUT2D eigenvalue weighted by Crippen LogP contribution is 2.32. The first kappa shape index (κ1) is 22.4. The molecule has 28 heavy (non-hydrogen) atoms. The van der Waals surface area contributed by atoms with E-state index in [1.165, 1.54) is 0 Å². The Bertz CT molecular complexity index is 925. The van der Waals surface area contributed by atoms with Gasteiger partial charge in [0, 0.05) is 43.3 Å². The Balaban J connectivity index is 0.00000140. The SMILES string of the molecule is COc1ccccc1C1CNCCN1Cc1cc(F)cc2cccnc12.Cl.Cl. The normalized spacial score (nSPS) is 16.9. The smallest absolute Gasteiger partial charge is 0.124 e. The number of benzene rings is 2. The standard InChI is InChI=1S/C21H22FN3O.2ClH/c1-26-20-7-3-2-6-18(20)19-13-23-9-10-25(19)14-16-12-17(22)11-15-5-4-8-24-21(15)16;;/h2-8,11-12,19,23H,9-10,13-14H2,1H3;2*1H. The molecular formula is C21H24Cl2FN3O. The minimum absolute atomic E-state index is 0. The lowest BCUT2D eigenvalue weighted by Crippen LogP contribution is -2.45. The van der Waals surface area contributed by atoms with E-state index in [1.54, 1.807) is 25.4 Å². The zero-order valence-corrected chi connectivity index (χ0v) is 17.2. The first-order valence-corrected chi connectivity index (χ1v) is 8.87. The van der Waals surface area contributed by atoms with Gasteiger partial charge in [-0.3, -0.25) is 9.88 Å². The Kier molecular flexibility index (Phi) is 8.01. The van der Waals surface area contributed by atoms with Crippen LogP contribution in [0.4, 0.5) is 4.39 Å². The third-order valence-electron chi connectivity index (χ3n) is 4.97. The van der Waals surface area contributed by atoms with Gasteiger partial charge in [0.25, 0.3) is 0 Å². The second-order valence-corrected chi connectivity index (χ2v) is 6.57. The summed E-state index contributed by atoms with van der Waals surface area (Å²) in [5.74, 6) is 0.665. The number of para-hydroxylation sites is 1. The van der Waals surface area contributed by atoms with Crippen LogP contribution >= 0.6 is 24.8 Å². The Morgan fingerprint density at radius 2 is 2.00 bits per heavy atom. The summed E-state index contributed by atoms with van der Waals surface area (Å²) in [4.78, 5) is 6.86. The average molecular weight is 424 g/mol. The number of ether oxygens (including phenoxy) is 1. The number of pyridine rings is 1. The van der Waals surface area contributed by atoms with E-state index >= 15 is 0 Å². The first-order valence-electron chi connectivity index (χ1n) is 8.87. The Morgan fingerprint density at radius 3 is 2.82 bits per heavy atom. The first-order chi connectivity index (χ1) is 12.8. The molecule has 4 nitrogen and oxygen atoms in total. The molecule has 0 amide bonds. The fraction of sp³-hybridized carbons (Fsp3) is 0.286. The number of nitrogens with zero attached hydrogens (tertiary/aromatic N) is 2. The zero-order chi connectivity index (χ0) is 17.9. The van der Waals surface area contributed by atoms with Gasteiger partial charge in [-0.25, -0.2) is 4.39 Å². The highest BCUT2D eigenvalue weighted by Gasteiger charge is 2.26. The molecule has 3 aromatic rings. The van der Waals surface area contributed by atoms with E-state index in [2.05, 4.69) is 21.3 Å². The van der Waals surface area contributed by atoms with E-state index in [0.29, 0.717) is 6.54 Å². The molecule has 4 rings (SSSR count). The summed E-state index contributed by atoms with van der Waals surface area (Å²) in [5, 5.41) is 4.30. The van der Waals surface area contributed by atoms with Gasteiger partial charge in [-0.15, -0.1) is 24.8 Å². The third kappa shape index (κ3) is 4.55. The molecule has 150 valence electrons. The summed E-state index contributed by atoms with van der Waals surface area (Å²) >= 11 is 0. The maximum atomic E-state index is 14.1. The molecule has 1 saturated heterocycles.